The number of hydrogen-bond acceptors (Lipinski definition) is 4. The van der Waals surface area contributed by atoms with Crippen molar-refractivity contribution in [1.82, 2.24) is 9.21 Å². The predicted molar refractivity (Wildman–Crippen MR) is 114 cm³/mol. The highest BCUT2D eigenvalue weighted by Gasteiger charge is 2.29. The van der Waals surface area contributed by atoms with Crippen LogP contribution in [0.1, 0.15) is 0 Å². The number of carbonyl (C=O) groups is 1. The van der Waals surface area contributed by atoms with Gasteiger partial charge in [0.05, 0.1) is 17.1 Å². The fraction of sp³-hybridized carbons (Fsp3) is 0.227. The lowest BCUT2D eigenvalue weighted by atomic mass is 10.1. The SMILES string of the molecule is O=C(CN1CCN(S(=O)(=O)c2ccc3ccccc3c2)CC1)Nc1cc(F)ccc1F. The molecule has 1 fully saturated rings. The molecule has 0 unspecified atom stereocenters. The van der Waals surface area contributed by atoms with E-state index in [1.165, 1.54) is 4.31 Å². The average molecular weight is 445 g/mol. The lowest BCUT2D eigenvalue weighted by molar-refractivity contribution is -0.117. The number of nitrogens with zero attached hydrogens (tertiary/aromatic N) is 2. The van der Waals surface area contributed by atoms with Gasteiger partial charge in [0.15, 0.2) is 0 Å². The number of rotatable bonds is 5. The van der Waals surface area contributed by atoms with Crippen LogP contribution >= 0.6 is 0 Å². The molecule has 1 amide bonds. The van der Waals surface area contributed by atoms with Crippen LogP contribution in [-0.4, -0.2) is 56.3 Å². The standard InChI is InChI=1S/C22H21F2N3O3S/c23-18-6-8-20(24)21(14-18)25-22(28)15-26-9-11-27(12-10-26)31(29,30)19-7-5-16-3-1-2-4-17(16)13-19/h1-8,13-14H,9-12,15H2,(H,25,28). The summed E-state index contributed by atoms with van der Waals surface area (Å²) in [5.74, 6) is -1.86. The van der Waals surface area contributed by atoms with Crippen molar-refractivity contribution in [1.29, 1.82) is 0 Å². The van der Waals surface area contributed by atoms with Gasteiger partial charge in [0.1, 0.15) is 11.6 Å². The van der Waals surface area contributed by atoms with Gasteiger partial charge in [0, 0.05) is 32.2 Å². The third-order valence-corrected chi connectivity index (χ3v) is 7.15. The topological polar surface area (TPSA) is 69.7 Å². The minimum Gasteiger partial charge on any atom is -0.322 e. The van der Waals surface area contributed by atoms with Gasteiger partial charge in [-0.2, -0.15) is 4.31 Å². The third kappa shape index (κ3) is 4.73. The van der Waals surface area contributed by atoms with E-state index >= 15 is 0 Å². The first-order valence-electron chi connectivity index (χ1n) is 9.79. The molecule has 3 aromatic rings. The second-order valence-corrected chi connectivity index (χ2v) is 9.30. The maximum Gasteiger partial charge on any atom is 0.243 e. The molecule has 1 saturated heterocycles. The van der Waals surface area contributed by atoms with Gasteiger partial charge in [-0.3, -0.25) is 9.69 Å². The van der Waals surface area contributed by atoms with Crippen molar-refractivity contribution in [2.75, 3.05) is 38.0 Å². The molecule has 4 rings (SSSR count). The number of nitrogens with one attached hydrogen (secondary N) is 1. The monoisotopic (exact) mass is 445 g/mol. The molecule has 1 aliphatic heterocycles. The molecule has 0 radical (unpaired) electrons. The summed E-state index contributed by atoms with van der Waals surface area (Å²) in [5, 5.41) is 4.17. The molecule has 31 heavy (non-hydrogen) atoms. The van der Waals surface area contributed by atoms with E-state index in [1.807, 2.05) is 24.3 Å². The van der Waals surface area contributed by atoms with E-state index in [9.17, 15) is 22.0 Å². The van der Waals surface area contributed by atoms with E-state index in [4.69, 9.17) is 0 Å². The Morgan fingerprint density at radius 1 is 0.903 bits per heavy atom. The third-order valence-electron chi connectivity index (χ3n) is 5.26. The van der Waals surface area contributed by atoms with E-state index in [0.717, 1.165) is 29.0 Å². The summed E-state index contributed by atoms with van der Waals surface area (Å²) in [7, 11) is -3.65. The summed E-state index contributed by atoms with van der Waals surface area (Å²) in [6, 6.07) is 15.4. The van der Waals surface area contributed by atoms with Gasteiger partial charge in [0.25, 0.3) is 0 Å². The molecule has 0 bridgehead atoms. The Hall–Kier alpha value is -2.88. The number of carbonyl (C=O) groups excluding carboxylic acids is 1. The van der Waals surface area contributed by atoms with Crippen LogP contribution in [0.5, 0.6) is 0 Å². The quantitative estimate of drug-likeness (QED) is 0.656. The Morgan fingerprint density at radius 2 is 1.61 bits per heavy atom. The van der Waals surface area contributed by atoms with Crippen molar-refractivity contribution in [3.8, 4) is 0 Å². The number of hydrogen-bond donors (Lipinski definition) is 1. The number of sulfonamides is 1. The van der Waals surface area contributed by atoms with Crippen molar-refractivity contribution in [3.63, 3.8) is 0 Å². The van der Waals surface area contributed by atoms with Crippen LogP contribution in [0.15, 0.2) is 65.6 Å². The smallest absolute Gasteiger partial charge is 0.243 e. The minimum atomic E-state index is -3.65. The highest BCUT2D eigenvalue weighted by Crippen LogP contribution is 2.23. The summed E-state index contributed by atoms with van der Waals surface area (Å²) in [5.41, 5.74) is -0.220. The summed E-state index contributed by atoms with van der Waals surface area (Å²) in [4.78, 5) is 14.2. The molecular weight excluding hydrogens is 424 g/mol. The van der Waals surface area contributed by atoms with Gasteiger partial charge in [-0.1, -0.05) is 30.3 Å². The van der Waals surface area contributed by atoms with Crippen LogP contribution in [0.4, 0.5) is 14.5 Å². The van der Waals surface area contributed by atoms with Crippen LogP contribution in [0.3, 0.4) is 0 Å². The molecule has 6 nitrogen and oxygen atoms in total. The molecule has 0 saturated carbocycles. The minimum absolute atomic E-state index is 0.0418. The Morgan fingerprint density at radius 3 is 2.35 bits per heavy atom. The Kier molecular flexibility index (Phi) is 5.99. The van der Waals surface area contributed by atoms with Crippen molar-refractivity contribution in [2.45, 2.75) is 4.90 Å². The van der Waals surface area contributed by atoms with E-state index in [1.54, 1.807) is 23.1 Å². The molecule has 9 heteroatoms. The number of piperazine rings is 1. The van der Waals surface area contributed by atoms with E-state index in [2.05, 4.69) is 5.32 Å². The average Bonchev–Trinajstić information content (AvgIpc) is 2.76. The fourth-order valence-corrected chi connectivity index (χ4v) is 5.05. The molecule has 0 atom stereocenters. The molecule has 1 heterocycles. The maximum absolute atomic E-state index is 13.7. The van der Waals surface area contributed by atoms with E-state index < -0.39 is 27.6 Å². The molecule has 1 N–H and O–H groups in total. The van der Waals surface area contributed by atoms with Gasteiger partial charge >= 0.3 is 0 Å². The Labute approximate surface area is 179 Å². The predicted octanol–water partition coefficient (Wildman–Crippen LogP) is 3.06. The summed E-state index contributed by atoms with van der Waals surface area (Å²) in [6.07, 6.45) is 0. The van der Waals surface area contributed by atoms with Crippen LogP contribution in [0, 0.1) is 11.6 Å². The number of benzene rings is 3. The van der Waals surface area contributed by atoms with Crippen molar-refractivity contribution in [2.24, 2.45) is 0 Å². The highest BCUT2D eigenvalue weighted by atomic mass is 32.2. The maximum atomic E-state index is 13.7. The number of amides is 1. The molecule has 3 aromatic carbocycles. The van der Waals surface area contributed by atoms with E-state index in [0.29, 0.717) is 13.1 Å². The summed E-state index contributed by atoms with van der Waals surface area (Å²) < 4.78 is 54.4. The van der Waals surface area contributed by atoms with Crippen LogP contribution in [0.2, 0.25) is 0 Å². The largest absolute Gasteiger partial charge is 0.322 e. The second-order valence-electron chi connectivity index (χ2n) is 7.36. The molecule has 1 aliphatic rings. The first kappa shape index (κ1) is 21.4. The normalized spacial score (nSPS) is 15.8. The lowest BCUT2D eigenvalue weighted by Crippen LogP contribution is -2.50. The van der Waals surface area contributed by atoms with Gasteiger partial charge in [-0.15, -0.1) is 0 Å². The number of halogens is 2. The Balaban J connectivity index is 1.37. The lowest BCUT2D eigenvalue weighted by Gasteiger charge is -2.33. The fourth-order valence-electron chi connectivity index (χ4n) is 3.59. The zero-order valence-corrected chi connectivity index (χ0v) is 17.4. The van der Waals surface area contributed by atoms with Gasteiger partial charge in [-0.25, -0.2) is 17.2 Å². The zero-order valence-electron chi connectivity index (χ0n) is 16.6. The Bertz CT molecular complexity index is 1230. The molecule has 0 aromatic heterocycles. The highest BCUT2D eigenvalue weighted by molar-refractivity contribution is 7.89. The van der Waals surface area contributed by atoms with Crippen molar-refractivity contribution in [3.05, 3.63) is 72.3 Å². The summed E-state index contributed by atoms with van der Waals surface area (Å²) >= 11 is 0. The molecule has 0 aliphatic carbocycles. The van der Waals surface area contributed by atoms with Crippen molar-refractivity contribution < 1.29 is 22.0 Å². The van der Waals surface area contributed by atoms with Gasteiger partial charge in [0.2, 0.25) is 15.9 Å². The molecular formula is C22H21F2N3O3S. The van der Waals surface area contributed by atoms with Crippen LogP contribution in [-0.2, 0) is 14.8 Å². The van der Waals surface area contributed by atoms with Gasteiger partial charge < -0.3 is 5.32 Å². The first-order valence-corrected chi connectivity index (χ1v) is 11.2. The zero-order chi connectivity index (χ0) is 22.0. The van der Waals surface area contributed by atoms with Gasteiger partial charge in [-0.05, 0) is 35.0 Å². The van der Waals surface area contributed by atoms with E-state index in [-0.39, 0.29) is 30.2 Å². The number of anilines is 1. The first-order chi connectivity index (χ1) is 14.8. The van der Waals surface area contributed by atoms with Crippen LogP contribution < -0.4 is 5.32 Å². The second kappa shape index (κ2) is 8.70. The van der Waals surface area contributed by atoms with Crippen LogP contribution in [0.25, 0.3) is 10.8 Å². The molecule has 162 valence electrons. The number of fused-ring (bicyclic) bond motifs is 1. The van der Waals surface area contributed by atoms with Crippen molar-refractivity contribution >= 4 is 32.4 Å². The summed E-state index contributed by atoms with van der Waals surface area (Å²) in [6.45, 7) is 1.13. The molecule has 0 spiro atoms.